The van der Waals surface area contributed by atoms with Crippen LogP contribution in [-0.4, -0.2) is 31.5 Å². The van der Waals surface area contributed by atoms with E-state index in [4.69, 9.17) is 21.1 Å². The lowest BCUT2D eigenvalue weighted by atomic mass is 10.1. The van der Waals surface area contributed by atoms with Gasteiger partial charge in [0.25, 0.3) is 11.2 Å². The lowest BCUT2D eigenvalue weighted by Gasteiger charge is -2.26. The van der Waals surface area contributed by atoms with E-state index in [0.29, 0.717) is 24.5 Å². The molecule has 0 spiro atoms. The summed E-state index contributed by atoms with van der Waals surface area (Å²) in [6.07, 6.45) is 0. The third-order valence-electron chi connectivity index (χ3n) is 2.29. The van der Waals surface area contributed by atoms with Crippen molar-refractivity contribution in [3.05, 3.63) is 29.8 Å². The van der Waals surface area contributed by atoms with E-state index in [-0.39, 0.29) is 6.02 Å². The van der Waals surface area contributed by atoms with E-state index in [9.17, 15) is 5.11 Å². The van der Waals surface area contributed by atoms with Crippen LogP contribution in [0.5, 0.6) is 0 Å². The van der Waals surface area contributed by atoms with Crippen LogP contribution in [0.15, 0.2) is 29.3 Å². The van der Waals surface area contributed by atoms with Gasteiger partial charge in [0.15, 0.2) is 0 Å². The van der Waals surface area contributed by atoms with Crippen molar-refractivity contribution in [1.82, 2.24) is 0 Å². The molecule has 1 aromatic carbocycles. The molecule has 0 radical (unpaired) electrons. The highest BCUT2D eigenvalue weighted by Gasteiger charge is 2.33. The summed E-state index contributed by atoms with van der Waals surface area (Å²) in [4.78, 5) is 3.88. The molecule has 1 aromatic rings. The molecule has 0 amide bonds. The summed E-state index contributed by atoms with van der Waals surface area (Å²) in [5.74, 6) is 0. The average Bonchev–Trinajstić information content (AvgIpc) is 2.29. The molecule has 1 heterocycles. The Morgan fingerprint density at radius 1 is 1.41 bits per heavy atom. The Morgan fingerprint density at radius 3 is 2.94 bits per heavy atom. The number of rotatable bonds is 3. The molecule has 17 heavy (non-hydrogen) atoms. The number of methoxy groups -OCH3 is 1. The van der Waals surface area contributed by atoms with Gasteiger partial charge in [-0.15, -0.1) is 0 Å². The molecule has 0 fully saturated rings. The molecule has 1 aliphatic heterocycles. The Balaban J connectivity index is 2.16. The smallest absolute Gasteiger partial charge is 0.293 e. The van der Waals surface area contributed by atoms with Crippen molar-refractivity contribution >= 4 is 23.3 Å². The average molecular weight is 257 g/mol. The quantitative estimate of drug-likeness (QED) is 0.488. The van der Waals surface area contributed by atoms with Crippen LogP contribution in [0.25, 0.3) is 0 Å². The number of amidine groups is 1. The number of aliphatic hydroxyl groups is 1. The minimum atomic E-state index is -1.79. The summed E-state index contributed by atoms with van der Waals surface area (Å²) in [6, 6.07) is 7.28. The Kier molecular flexibility index (Phi) is 3.51. The molecule has 0 saturated heterocycles. The normalized spacial score (nSPS) is 22.4. The van der Waals surface area contributed by atoms with Crippen molar-refractivity contribution < 1.29 is 14.6 Å². The molecule has 6 heteroatoms. The molecule has 0 aromatic heterocycles. The van der Waals surface area contributed by atoms with Gasteiger partial charge in [-0.3, -0.25) is 0 Å². The van der Waals surface area contributed by atoms with Crippen LogP contribution in [0.4, 0.5) is 5.69 Å². The zero-order valence-electron chi connectivity index (χ0n) is 9.31. The molecule has 0 saturated carbocycles. The van der Waals surface area contributed by atoms with Crippen LogP contribution >= 0.6 is 11.6 Å². The Hall–Kier alpha value is -1.30. The first kappa shape index (κ1) is 12.2. The Labute approximate surface area is 104 Å². The van der Waals surface area contributed by atoms with E-state index < -0.39 is 5.18 Å². The van der Waals surface area contributed by atoms with Crippen molar-refractivity contribution in [2.45, 2.75) is 5.18 Å². The number of benzene rings is 1. The molecule has 2 rings (SSSR count). The van der Waals surface area contributed by atoms with E-state index in [1.54, 1.807) is 25.3 Å². The molecule has 5 nitrogen and oxygen atoms in total. The van der Waals surface area contributed by atoms with E-state index in [1.807, 2.05) is 6.07 Å². The zero-order valence-corrected chi connectivity index (χ0v) is 10.1. The fourth-order valence-corrected chi connectivity index (χ4v) is 1.74. The van der Waals surface area contributed by atoms with Crippen molar-refractivity contribution in [3.63, 3.8) is 0 Å². The van der Waals surface area contributed by atoms with Gasteiger partial charge in [0.05, 0.1) is 12.3 Å². The van der Waals surface area contributed by atoms with Gasteiger partial charge in [0, 0.05) is 12.7 Å². The van der Waals surface area contributed by atoms with Gasteiger partial charge in [-0.05, 0) is 6.07 Å². The van der Waals surface area contributed by atoms with Crippen LogP contribution < -0.4 is 5.32 Å². The molecule has 0 unspecified atom stereocenters. The maximum absolute atomic E-state index is 9.98. The monoisotopic (exact) mass is 256 g/mol. The largest absolute Gasteiger partial charge is 0.463 e. The van der Waals surface area contributed by atoms with Crippen LogP contribution in [0.1, 0.15) is 5.56 Å². The highest BCUT2D eigenvalue weighted by Crippen LogP contribution is 2.36. The van der Waals surface area contributed by atoms with Crippen LogP contribution in [0, 0.1) is 0 Å². The summed E-state index contributed by atoms with van der Waals surface area (Å²) in [6.45, 7) is 0.764. The van der Waals surface area contributed by atoms with Crippen molar-refractivity contribution in [2.75, 3.05) is 25.6 Å². The van der Waals surface area contributed by atoms with E-state index in [1.165, 1.54) is 0 Å². The van der Waals surface area contributed by atoms with Crippen LogP contribution in [0.3, 0.4) is 0 Å². The first-order valence-corrected chi connectivity index (χ1v) is 5.50. The third kappa shape index (κ3) is 2.69. The van der Waals surface area contributed by atoms with Gasteiger partial charge >= 0.3 is 0 Å². The molecular weight excluding hydrogens is 244 g/mol. The number of ether oxygens (including phenoxy) is 2. The molecule has 0 bridgehead atoms. The maximum atomic E-state index is 9.98. The number of nitrogens with zero attached hydrogens (tertiary/aromatic N) is 1. The van der Waals surface area contributed by atoms with Crippen molar-refractivity contribution in [3.8, 4) is 0 Å². The maximum Gasteiger partial charge on any atom is 0.293 e. The summed E-state index contributed by atoms with van der Waals surface area (Å²) >= 11 is 5.93. The predicted molar refractivity (Wildman–Crippen MR) is 65.1 cm³/mol. The fraction of sp³-hybridized carbons (Fsp3) is 0.364. The van der Waals surface area contributed by atoms with Gasteiger partial charge in [-0.2, -0.15) is 4.99 Å². The summed E-state index contributed by atoms with van der Waals surface area (Å²) in [5, 5.41) is 11.1. The number of aliphatic imine (C=N–C) groups is 1. The Morgan fingerprint density at radius 2 is 2.18 bits per heavy atom. The van der Waals surface area contributed by atoms with Gasteiger partial charge in [0.1, 0.15) is 6.61 Å². The number of alkyl halides is 1. The third-order valence-corrected chi connectivity index (χ3v) is 2.58. The number of hydrogen-bond donors (Lipinski definition) is 2. The molecule has 1 atom stereocenters. The highest BCUT2D eigenvalue weighted by atomic mass is 35.5. The first-order chi connectivity index (χ1) is 8.13. The predicted octanol–water partition coefficient (Wildman–Crippen LogP) is 1.47. The van der Waals surface area contributed by atoms with Gasteiger partial charge in [-0.1, -0.05) is 29.8 Å². The molecule has 0 aliphatic carbocycles. The SMILES string of the molecule is COCCOC1=N[C@@](O)(Cl)c2ccccc2N1. The number of para-hydroxylation sites is 1. The van der Waals surface area contributed by atoms with Crippen LogP contribution in [-0.2, 0) is 14.7 Å². The highest BCUT2D eigenvalue weighted by molar-refractivity contribution is 6.24. The zero-order chi connectivity index (χ0) is 12.3. The second-order valence-corrected chi connectivity index (χ2v) is 4.04. The van der Waals surface area contributed by atoms with E-state index in [0.717, 1.165) is 0 Å². The minimum Gasteiger partial charge on any atom is -0.463 e. The number of halogens is 1. The summed E-state index contributed by atoms with van der Waals surface area (Å²) in [7, 11) is 1.58. The second-order valence-electron chi connectivity index (χ2n) is 3.52. The van der Waals surface area contributed by atoms with Gasteiger partial charge in [-0.25, -0.2) is 0 Å². The van der Waals surface area contributed by atoms with E-state index >= 15 is 0 Å². The molecule has 92 valence electrons. The van der Waals surface area contributed by atoms with Crippen LogP contribution in [0.2, 0.25) is 0 Å². The number of hydrogen-bond acceptors (Lipinski definition) is 5. The lowest BCUT2D eigenvalue weighted by Crippen LogP contribution is -2.31. The molecule has 2 N–H and O–H groups in total. The van der Waals surface area contributed by atoms with Crippen molar-refractivity contribution in [2.24, 2.45) is 4.99 Å². The first-order valence-electron chi connectivity index (χ1n) is 5.13. The lowest BCUT2D eigenvalue weighted by molar-refractivity contribution is 0.120. The number of fused-ring (bicyclic) bond motifs is 1. The van der Waals surface area contributed by atoms with Gasteiger partial charge in [0.2, 0.25) is 0 Å². The van der Waals surface area contributed by atoms with Gasteiger partial charge < -0.3 is 19.9 Å². The fourth-order valence-electron chi connectivity index (χ4n) is 1.50. The Bertz CT molecular complexity index is 434. The number of nitrogens with one attached hydrogen (secondary N) is 1. The molecular formula is C11H13ClN2O3. The van der Waals surface area contributed by atoms with Crippen molar-refractivity contribution in [1.29, 1.82) is 0 Å². The molecule has 1 aliphatic rings. The number of anilines is 1. The van der Waals surface area contributed by atoms with E-state index in [2.05, 4.69) is 10.3 Å². The summed E-state index contributed by atoms with van der Waals surface area (Å²) in [5.41, 5.74) is 1.17. The summed E-state index contributed by atoms with van der Waals surface area (Å²) < 4.78 is 10.1. The standard InChI is InChI=1S/C11H13ClN2O3/c1-16-6-7-17-10-13-9-5-3-2-4-8(9)11(12,15)14-10/h2-5,15H,6-7H2,1H3,(H,13,14)/t11-/m0/s1. The topological polar surface area (TPSA) is 63.1 Å². The minimum absolute atomic E-state index is 0.179. The second kappa shape index (κ2) is 4.91.